The summed E-state index contributed by atoms with van der Waals surface area (Å²) in [5.74, 6) is 0.787. The van der Waals surface area contributed by atoms with Gasteiger partial charge in [-0.2, -0.15) is 13.4 Å². The molecule has 1 aromatic carbocycles. The number of methoxy groups -OCH3 is 1. The molecular formula is C29H37ClN6O5S. The van der Waals surface area contributed by atoms with Gasteiger partial charge in [-0.3, -0.25) is 4.72 Å². The molecule has 3 N–H and O–H groups in total. The number of aromatic nitrogens is 3. The Morgan fingerprint density at radius 3 is 2.31 bits per heavy atom. The number of pyridine rings is 1. The van der Waals surface area contributed by atoms with E-state index in [1.807, 2.05) is 20.8 Å². The van der Waals surface area contributed by atoms with Crippen molar-refractivity contribution in [1.29, 1.82) is 0 Å². The number of benzene rings is 1. The minimum atomic E-state index is -3.96. The Balaban J connectivity index is 1.28. The molecule has 0 spiro atoms. The second-order valence-corrected chi connectivity index (χ2v) is 13.2. The van der Waals surface area contributed by atoms with Gasteiger partial charge in [0.05, 0.1) is 17.8 Å². The first-order valence-electron chi connectivity index (χ1n) is 13.8. The fourth-order valence-electron chi connectivity index (χ4n) is 4.59. The van der Waals surface area contributed by atoms with Gasteiger partial charge >= 0.3 is 6.09 Å². The zero-order chi connectivity index (χ0) is 30.3. The molecule has 0 unspecified atom stereocenters. The first-order valence-corrected chi connectivity index (χ1v) is 15.7. The molecule has 0 radical (unpaired) electrons. The maximum atomic E-state index is 12.9. The van der Waals surface area contributed by atoms with Gasteiger partial charge in [-0.25, -0.2) is 14.8 Å². The van der Waals surface area contributed by atoms with Crippen LogP contribution in [-0.4, -0.2) is 54.3 Å². The van der Waals surface area contributed by atoms with E-state index in [0.717, 1.165) is 36.8 Å². The Kier molecular flexibility index (Phi) is 10.1. The Morgan fingerprint density at radius 1 is 1.00 bits per heavy atom. The van der Waals surface area contributed by atoms with Crippen LogP contribution in [0.15, 0.2) is 53.8 Å². The van der Waals surface area contributed by atoms with Crippen LogP contribution in [0.4, 0.5) is 16.4 Å². The smallest absolute Gasteiger partial charge is 0.407 e. The zero-order valence-corrected chi connectivity index (χ0v) is 25.8. The molecule has 4 rings (SSSR count). The van der Waals surface area contributed by atoms with Crippen LogP contribution in [0.2, 0.25) is 5.02 Å². The van der Waals surface area contributed by atoms with Gasteiger partial charge in [-0.1, -0.05) is 29.8 Å². The molecule has 0 aliphatic heterocycles. The van der Waals surface area contributed by atoms with Crippen molar-refractivity contribution in [2.45, 2.75) is 82.0 Å². The van der Waals surface area contributed by atoms with Crippen LogP contribution in [0, 0.1) is 0 Å². The largest absolute Gasteiger partial charge is 0.481 e. The van der Waals surface area contributed by atoms with Crippen LogP contribution in [0.1, 0.15) is 57.6 Å². The van der Waals surface area contributed by atoms with Crippen molar-refractivity contribution in [3.05, 3.63) is 64.9 Å². The number of carbonyl (C=O) groups is 1. The normalized spacial score (nSPS) is 17.3. The third-order valence-electron chi connectivity index (χ3n) is 6.67. The Morgan fingerprint density at radius 2 is 1.67 bits per heavy atom. The van der Waals surface area contributed by atoms with Gasteiger partial charge in [0.1, 0.15) is 5.60 Å². The number of para-hydroxylation sites is 1. The van der Waals surface area contributed by atoms with Gasteiger partial charge in [0.25, 0.3) is 10.0 Å². The van der Waals surface area contributed by atoms with Gasteiger partial charge in [-0.05, 0) is 83.1 Å². The summed E-state index contributed by atoms with van der Waals surface area (Å²) in [4.78, 5) is 25.2. The summed E-state index contributed by atoms with van der Waals surface area (Å²) in [5, 5.41) is 6.46. The lowest BCUT2D eigenvalue weighted by molar-refractivity contribution is 0.0492. The molecule has 226 valence electrons. The van der Waals surface area contributed by atoms with Crippen molar-refractivity contribution in [3.63, 3.8) is 0 Å². The number of sulfonamides is 1. The topological polar surface area (TPSA) is 144 Å². The minimum absolute atomic E-state index is 0.0977. The van der Waals surface area contributed by atoms with Crippen LogP contribution < -0.4 is 20.1 Å². The summed E-state index contributed by atoms with van der Waals surface area (Å²) in [6.45, 7) is 5.55. The predicted octanol–water partition coefficient (Wildman–Crippen LogP) is 5.37. The minimum Gasteiger partial charge on any atom is -0.481 e. The molecule has 1 aliphatic carbocycles. The van der Waals surface area contributed by atoms with Crippen LogP contribution in [0.5, 0.6) is 5.88 Å². The molecule has 1 amide bonds. The Bertz CT molecular complexity index is 1470. The third kappa shape index (κ3) is 8.93. The number of nitrogens with zero attached hydrogens (tertiary/aromatic N) is 3. The molecule has 2 aromatic heterocycles. The molecule has 11 nitrogen and oxygen atoms in total. The number of anilines is 2. The van der Waals surface area contributed by atoms with E-state index >= 15 is 0 Å². The van der Waals surface area contributed by atoms with E-state index in [-0.39, 0.29) is 39.8 Å². The number of ether oxygens (including phenoxy) is 2. The average Bonchev–Trinajstić information content (AvgIpc) is 2.94. The van der Waals surface area contributed by atoms with Crippen molar-refractivity contribution < 1.29 is 22.7 Å². The van der Waals surface area contributed by atoms with Crippen molar-refractivity contribution >= 4 is 39.4 Å². The summed E-state index contributed by atoms with van der Waals surface area (Å²) >= 11 is 6.09. The van der Waals surface area contributed by atoms with Crippen molar-refractivity contribution in [2.75, 3.05) is 17.1 Å². The molecule has 0 saturated heterocycles. The van der Waals surface area contributed by atoms with Crippen LogP contribution in [0.25, 0.3) is 0 Å². The number of aryl methyl sites for hydroxylation is 2. The summed E-state index contributed by atoms with van der Waals surface area (Å²) in [6, 6.07) is 10.0. The summed E-state index contributed by atoms with van der Waals surface area (Å²) in [6.07, 6.45) is 7.81. The van der Waals surface area contributed by atoms with E-state index in [1.165, 1.54) is 13.2 Å². The number of hydrogen-bond acceptors (Lipinski definition) is 9. The number of halogens is 1. The van der Waals surface area contributed by atoms with Crippen molar-refractivity contribution in [2.24, 2.45) is 0 Å². The number of carbonyl (C=O) groups excluding carboxylic acids is 1. The van der Waals surface area contributed by atoms with Crippen LogP contribution >= 0.6 is 11.6 Å². The molecule has 3 aromatic rings. The maximum absolute atomic E-state index is 12.9. The van der Waals surface area contributed by atoms with E-state index in [9.17, 15) is 13.2 Å². The van der Waals surface area contributed by atoms with E-state index < -0.39 is 15.6 Å². The van der Waals surface area contributed by atoms with Gasteiger partial charge in [0.15, 0.2) is 5.03 Å². The predicted molar refractivity (Wildman–Crippen MR) is 162 cm³/mol. The summed E-state index contributed by atoms with van der Waals surface area (Å²) < 4.78 is 38.9. The van der Waals surface area contributed by atoms with Crippen molar-refractivity contribution in [3.8, 4) is 5.88 Å². The maximum Gasteiger partial charge on any atom is 0.407 e. The molecule has 0 bridgehead atoms. The summed E-state index contributed by atoms with van der Waals surface area (Å²) in [7, 11) is -2.51. The highest BCUT2D eigenvalue weighted by Crippen LogP contribution is 2.26. The van der Waals surface area contributed by atoms with Gasteiger partial charge in [-0.15, -0.1) is 0 Å². The molecule has 0 atom stereocenters. The quantitative estimate of drug-likeness (QED) is 0.274. The number of nitrogens with one attached hydrogen (secondary N) is 3. The average molecular weight is 617 g/mol. The molecule has 42 heavy (non-hydrogen) atoms. The van der Waals surface area contributed by atoms with Crippen LogP contribution in [0.3, 0.4) is 0 Å². The number of rotatable bonds is 10. The highest BCUT2D eigenvalue weighted by atomic mass is 35.5. The summed E-state index contributed by atoms with van der Waals surface area (Å²) in [5.41, 5.74) is 1.43. The van der Waals surface area contributed by atoms with Crippen molar-refractivity contribution in [1.82, 2.24) is 20.3 Å². The SMILES string of the molecule is COc1nc(S(=O)(=O)Nc2ccccc2Cl)ccc1CCc1cnc(NC2CCC(NC(=O)OC(C)(C)C)CC2)nc1. The third-order valence-corrected chi connectivity index (χ3v) is 8.27. The molecule has 1 aliphatic rings. The monoisotopic (exact) mass is 616 g/mol. The first kappa shape index (κ1) is 31.3. The number of alkyl carbamates (subject to hydrolysis) is 1. The van der Waals surface area contributed by atoms with E-state index in [1.54, 1.807) is 42.7 Å². The van der Waals surface area contributed by atoms with Crippen LogP contribution in [-0.2, 0) is 27.6 Å². The second kappa shape index (κ2) is 13.6. The lowest BCUT2D eigenvalue weighted by atomic mass is 9.91. The van der Waals surface area contributed by atoms with E-state index in [0.29, 0.717) is 18.8 Å². The highest BCUT2D eigenvalue weighted by molar-refractivity contribution is 7.92. The van der Waals surface area contributed by atoms with Gasteiger partial charge in [0.2, 0.25) is 11.8 Å². The van der Waals surface area contributed by atoms with E-state index in [2.05, 4.69) is 30.3 Å². The molecule has 13 heteroatoms. The molecule has 1 fully saturated rings. The molecule has 2 heterocycles. The Labute approximate surface area is 251 Å². The number of hydrogen-bond donors (Lipinski definition) is 3. The van der Waals surface area contributed by atoms with Gasteiger partial charge in [0, 0.05) is 30.0 Å². The molecular weight excluding hydrogens is 580 g/mol. The fourth-order valence-corrected chi connectivity index (χ4v) is 5.85. The lowest BCUT2D eigenvalue weighted by Gasteiger charge is -2.30. The Hall–Kier alpha value is -3.64. The number of amides is 1. The fraction of sp³-hybridized carbons (Fsp3) is 0.448. The molecule has 1 saturated carbocycles. The van der Waals surface area contributed by atoms with Gasteiger partial charge < -0.3 is 20.1 Å². The zero-order valence-electron chi connectivity index (χ0n) is 24.2. The lowest BCUT2D eigenvalue weighted by Crippen LogP contribution is -2.42. The second-order valence-electron chi connectivity index (χ2n) is 11.2. The first-order chi connectivity index (χ1) is 19.9. The highest BCUT2D eigenvalue weighted by Gasteiger charge is 2.25. The standard InChI is InChI=1S/C29H37ClN6O5S/c1-29(2,3)41-28(37)34-22-14-12-21(13-15-22)33-27-31-17-19(18-32-27)9-10-20-11-16-25(35-26(20)40-4)42(38,39)36-24-8-6-5-7-23(24)30/h5-8,11,16-18,21-22,36H,9-10,12-15H2,1-4H3,(H,34,37)(H,31,32,33). The van der Waals surface area contributed by atoms with E-state index in [4.69, 9.17) is 21.1 Å².